The van der Waals surface area contributed by atoms with Gasteiger partial charge in [-0.15, -0.1) is 0 Å². The average molecular weight is 285 g/mol. The van der Waals surface area contributed by atoms with Crippen LogP contribution in [0.3, 0.4) is 0 Å². The summed E-state index contributed by atoms with van der Waals surface area (Å²) in [4.78, 5) is 13.4. The Morgan fingerprint density at radius 1 is 1.20 bits per heavy atom. The Hall–Kier alpha value is -2.11. The number of carbonyl (C=O) groups is 1. The van der Waals surface area contributed by atoms with E-state index in [0.29, 0.717) is 16.0 Å². The molecule has 98 valence electrons. The fraction of sp³-hybridized carbons (Fsp3) is 0. The normalized spacial score (nSPS) is 13.3. The van der Waals surface area contributed by atoms with E-state index in [0.717, 1.165) is 10.5 Å². The second-order valence-corrected chi connectivity index (χ2v) is 4.84. The monoisotopic (exact) mass is 284 g/mol. The Bertz CT molecular complexity index is 705. The molecule has 20 heavy (non-hydrogen) atoms. The Morgan fingerprint density at radius 3 is 2.80 bits per heavy atom. The molecule has 0 saturated heterocycles. The van der Waals surface area contributed by atoms with Crippen LogP contribution >= 0.6 is 11.6 Å². The fourth-order valence-corrected chi connectivity index (χ4v) is 2.29. The first-order valence-corrected chi connectivity index (χ1v) is 6.45. The topological polar surface area (TPSA) is 52.9 Å². The van der Waals surface area contributed by atoms with Gasteiger partial charge in [-0.25, -0.2) is 4.92 Å². The summed E-state index contributed by atoms with van der Waals surface area (Å²) >= 11 is 5.87. The number of fused-ring (bicyclic) bond motifs is 1. The fourth-order valence-electron chi connectivity index (χ4n) is 2.10. The van der Waals surface area contributed by atoms with Crippen molar-refractivity contribution in [3.8, 4) is 0 Å². The second kappa shape index (κ2) is 5.11. The molecule has 1 heterocycles. The van der Waals surface area contributed by atoms with Crippen molar-refractivity contribution in [2.24, 2.45) is 5.10 Å². The number of nitrogens with zero attached hydrogens (tertiary/aromatic N) is 2. The molecule has 0 saturated carbocycles. The van der Waals surface area contributed by atoms with E-state index in [1.807, 2.05) is 18.2 Å². The molecule has 1 amide bonds. The summed E-state index contributed by atoms with van der Waals surface area (Å²) < 4.78 is 0. The quantitative estimate of drug-likeness (QED) is 0.807. The van der Waals surface area contributed by atoms with Crippen LogP contribution in [0.15, 0.2) is 53.6 Å². The first kappa shape index (κ1) is 12.9. The van der Waals surface area contributed by atoms with Gasteiger partial charge in [0.05, 0.1) is 6.21 Å². The first-order valence-electron chi connectivity index (χ1n) is 6.07. The van der Waals surface area contributed by atoms with Crippen molar-refractivity contribution >= 4 is 36.2 Å². The first-order chi connectivity index (χ1) is 9.66. The molecule has 1 aliphatic heterocycles. The van der Waals surface area contributed by atoms with Crippen LogP contribution in [-0.2, 0) is 0 Å². The van der Waals surface area contributed by atoms with E-state index in [4.69, 9.17) is 11.6 Å². The Kier molecular flexibility index (Phi) is 3.30. The summed E-state index contributed by atoms with van der Waals surface area (Å²) in [5.74, 6) is -0.397. The lowest BCUT2D eigenvalue weighted by atomic mass is 9.69. The van der Waals surface area contributed by atoms with Gasteiger partial charge in [-0.3, -0.25) is 4.79 Å². The van der Waals surface area contributed by atoms with Crippen molar-refractivity contribution in [1.82, 2.24) is 4.92 Å². The van der Waals surface area contributed by atoms with Crippen molar-refractivity contribution in [2.75, 3.05) is 0 Å². The molecular formula is C14H10BClN2O2. The molecule has 0 spiro atoms. The predicted molar refractivity (Wildman–Crippen MR) is 79.3 cm³/mol. The summed E-state index contributed by atoms with van der Waals surface area (Å²) in [5.41, 5.74) is 1.83. The highest BCUT2D eigenvalue weighted by atomic mass is 35.5. The van der Waals surface area contributed by atoms with Gasteiger partial charge in [0.1, 0.15) is 0 Å². The van der Waals surface area contributed by atoms with Crippen molar-refractivity contribution in [1.29, 1.82) is 0 Å². The van der Waals surface area contributed by atoms with Crippen molar-refractivity contribution in [3.05, 3.63) is 64.7 Å². The van der Waals surface area contributed by atoms with E-state index < -0.39 is 13.0 Å². The molecule has 2 aromatic carbocycles. The van der Waals surface area contributed by atoms with Crippen LogP contribution < -0.4 is 5.46 Å². The molecule has 0 unspecified atom stereocenters. The lowest BCUT2D eigenvalue weighted by Crippen LogP contribution is -2.52. The van der Waals surface area contributed by atoms with Crippen LogP contribution in [0.2, 0.25) is 5.02 Å². The van der Waals surface area contributed by atoms with Crippen molar-refractivity contribution < 1.29 is 9.82 Å². The van der Waals surface area contributed by atoms with Crippen LogP contribution in [0.4, 0.5) is 0 Å². The Labute approximate surface area is 121 Å². The third-order valence-corrected chi connectivity index (χ3v) is 3.34. The van der Waals surface area contributed by atoms with Crippen LogP contribution in [0.1, 0.15) is 15.9 Å². The Morgan fingerprint density at radius 2 is 2.00 bits per heavy atom. The standard InChI is InChI=1S/C14H10BClN2O2/c16-12-6-3-5-10(8-12)14(19)18-15(20)13-7-2-1-4-11(13)9-17-18/h1-9,20H. The molecule has 0 atom stereocenters. The Balaban J connectivity index is 1.95. The number of carbonyl (C=O) groups excluding carboxylic acids is 1. The highest BCUT2D eigenvalue weighted by molar-refractivity contribution is 6.68. The number of hydrogen-bond donors (Lipinski definition) is 1. The number of rotatable bonds is 1. The molecule has 4 nitrogen and oxygen atoms in total. The number of benzene rings is 2. The molecule has 3 rings (SSSR count). The minimum absolute atomic E-state index is 0.382. The van der Waals surface area contributed by atoms with Gasteiger partial charge in [0.15, 0.2) is 0 Å². The van der Waals surface area contributed by atoms with Crippen molar-refractivity contribution in [3.63, 3.8) is 0 Å². The molecule has 0 bridgehead atoms. The van der Waals surface area contributed by atoms with E-state index in [1.165, 1.54) is 0 Å². The molecule has 1 aliphatic rings. The number of hydrogen-bond acceptors (Lipinski definition) is 3. The maximum absolute atomic E-state index is 12.4. The predicted octanol–water partition coefficient (Wildman–Crippen LogP) is 1.52. The maximum Gasteiger partial charge on any atom is 0.474 e. The zero-order valence-corrected chi connectivity index (χ0v) is 11.2. The van der Waals surface area contributed by atoms with Crippen LogP contribution in [0.5, 0.6) is 0 Å². The van der Waals surface area contributed by atoms with Crippen molar-refractivity contribution in [2.45, 2.75) is 0 Å². The number of halogens is 1. The summed E-state index contributed by atoms with van der Waals surface area (Å²) in [6.07, 6.45) is 1.56. The third kappa shape index (κ3) is 2.22. The van der Waals surface area contributed by atoms with Gasteiger partial charge in [0.2, 0.25) is 0 Å². The van der Waals surface area contributed by atoms with Crippen LogP contribution in [0.25, 0.3) is 0 Å². The molecule has 1 N–H and O–H groups in total. The van der Waals surface area contributed by atoms with Gasteiger partial charge in [-0.2, -0.15) is 5.10 Å². The molecular weight excluding hydrogens is 274 g/mol. The minimum Gasteiger partial charge on any atom is -0.427 e. The summed E-state index contributed by atoms with van der Waals surface area (Å²) in [6.45, 7) is 0. The highest BCUT2D eigenvalue weighted by Gasteiger charge is 2.33. The second-order valence-electron chi connectivity index (χ2n) is 4.41. The number of hydrazone groups is 1. The van der Waals surface area contributed by atoms with Gasteiger partial charge in [-0.1, -0.05) is 41.9 Å². The minimum atomic E-state index is -1.09. The highest BCUT2D eigenvalue weighted by Crippen LogP contribution is 2.15. The zero-order valence-electron chi connectivity index (χ0n) is 10.4. The van der Waals surface area contributed by atoms with E-state index in [9.17, 15) is 9.82 Å². The van der Waals surface area contributed by atoms with Gasteiger partial charge >= 0.3 is 7.05 Å². The SMILES string of the molecule is O=C(c1cccc(Cl)c1)N1N=Cc2ccccc2B1O. The van der Waals surface area contributed by atoms with E-state index in [1.54, 1.807) is 36.5 Å². The van der Waals surface area contributed by atoms with Gasteiger partial charge in [-0.05, 0) is 29.2 Å². The molecule has 2 aromatic rings. The van der Waals surface area contributed by atoms with Crippen LogP contribution in [-0.4, -0.2) is 29.1 Å². The third-order valence-electron chi connectivity index (χ3n) is 3.11. The summed E-state index contributed by atoms with van der Waals surface area (Å²) in [5, 5.41) is 14.8. The molecule has 0 radical (unpaired) electrons. The zero-order chi connectivity index (χ0) is 14.1. The lowest BCUT2D eigenvalue weighted by Gasteiger charge is -2.24. The number of amides is 1. The smallest absolute Gasteiger partial charge is 0.427 e. The summed E-state index contributed by atoms with van der Waals surface area (Å²) in [6, 6.07) is 13.8. The largest absolute Gasteiger partial charge is 0.474 e. The molecule has 0 aromatic heterocycles. The molecule has 0 aliphatic carbocycles. The lowest BCUT2D eigenvalue weighted by molar-refractivity contribution is 0.0846. The van der Waals surface area contributed by atoms with Crippen LogP contribution in [0, 0.1) is 0 Å². The van der Waals surface area contributed by atoms with E-state index in [2.05, 4.69) is 5.10 Å². The average Bonchev–Trinajstić information content (AvgIpc) is 2.47. The van der Waals surface area contributed by atoms with Gasteiger partial charge in [0.25, 0.3) is 5.91 Å². The maximum atomic E-state index is 12.4. The van der Waals surface area contributed by atoms with Gasteiger partial charge < -0.3 is 5.02 Å². The summed E-state index contributed by atoms with van der Waals surface area (Å²) in [7, 11) is -1.09. The van der Waals surface area contributed by atoms with E-state index in [-0.39, 0.29) is 0 Å². The van der Waals surface area contributed by atoms with Gasteiger partial charge in [0, 0.05) is 10.6 Å². The van der Waals surface area contributed by atoms with E-state index >= 15 is 0 Å². The molecule has 0 fully saturated rings. The molecule has 6 heteroatoms.